The summed E-state index contributed by atoms with van der Waals surface area (Å²) in [4.78, 5) is 6.44. The molecule has 2 saturated heterocycles. The van der Waals surface area contributed by atoms with Crippen LogP contribution in [-0.4, -0.2) is 79.3 Å². The van der Waals surface area contributed by atoms with Gasteiger partial charge in [0.25, 0.3) is 10.0 Å². The van der Waals surface area contributed by atoms with Crippen LogP contribution in [0.15, 0.2) is 11.2 Å². The Bertz CT molecular complexity index is 810. The average Bonchev–Trinajstić information content (AvgIpc) is 2.97. The molecule has 0 atom stereocenters. The number of imidazole rings is 1. The molecule has 3 rings (SSSR count). The lowest BCUT2D eigenvalue weighted by atomic mass is 10.1. The van der Waals surface area contributed by atoms with Gasteiger partial charge in [0, 0.05) is 45.0 Å². The first kappa shape index (κ1) is 18.8. The highest BCUT2D eigenvalue weighted by Gasteiger charge is 2.34. The quantitative estimate of drug-likeness (QED) is 0.724. The van der Waals surface area contributed by atoms with Crippen molar-refractivity contribution in [3.05, 3.63) is 12.0 Å². The van der Waals surface area contributed by atoms with Gasteiger partial charge in [-0.05, 0) is 26.7 Å². The molecule has 10 heteroatoms. The Balaban J connectivity index is 1.63. The highest BCUT2D eigenvalue weighted by atomic mass is 32.2. The van der Waals surface area contributed by atoms with Crippen molar-refractivity contribution in [1.29, 1.82) is 0 Å². The lowest BCUT2D eigenvalue weighted by Gasteiger charge is -2.39. The maximum atomic E-state index is 12.8. The molecule has 2 fully saturated rings. The molecule has 8 nitrogen and oxygen atoms in total. The van der Waals surface area contributed by atoms with Gasteiger partial charge in [0.15, 0.2) is 5.03 Å². The molecule has 1 aromatic heterocycles. The van der Waals surface area contributed by atoms with Crippen LogP contribution in [0, 0.1) is 6.92 Å². The van der Waals surface area contributed by atoms with E-state index < -0.39 is 19.9 Å². The number of hydrogen-bond donors (Lipinski definition) is 0. The second-order valence-corrected chi connectivity index (χ2v) is 10.9. The van der Waals surface area contributed by atoms with Gasteiger partial charge in [-0.1, -0.05) is 0 Å². The van der Waals surface area contributed by atoms with E-state index in [4.69, 9.17) is 0 Å². The summed E-state index contributed by atoms with van der Waals surface area (Å²) in [6, 6.07) is 0.245. The van der Waals surface area contributed by atoms with Crippen LogP contribution in [0.3, 0.4) is 0 Å². The molecular weight excluding hydrogens is 364 g/mol. The Hall–Kier alpha value is -0.970. The van der Waals surface area contributed by atoms with E-state index >= 15 is 0 Å². The predicted octanol–water partition coefficient (Wildman–Crippen LogP) is 0.0949. The first-order valence-corrected chi connectivity index (χ1v) is 12.0. The molecule has 2 aliphatic heterocycles. The third kappa shape index (κ3) is 3.91. The minimum absolute atomic E-state index is 0.115. The smallest absolute Gasteiger partial charge is 0.262 e. The third-order valence-electron chi connectivity index (χ3n) is 5.21. The number of aromatic nitrogens is 2. The predicted molar refractivity (Wildman–Crippen MR) is 94.6 cm³/mol. The van der Waals surface area contributed by atoms with Gasteiger partial charge in [0.1, 0.15) is 15.7 Å². The minimum atomic E-state index is -3.57. The van der Waals surface area contributed by atoms with E-state index in [-0.39, 0.29) is 22.6 Å². The molecule has 0 amide bonds. The molecule has 3 heterocycles. The topological polar surface area (TPSA) is 92.6 Å². The second-order valence-electron chi connectivity index (χ2n) is 6.74. The molecule has 0 aromatic carbocycles. The van der Waals surface area contributed by atoms with E-state index in [0.29, 0.717) is 51.4 Å². The molecular formula is C15H26N4O4S2. The number of sulfonamides is 1. The summed E-state index contributed by atoms with van der Waals surface area (Å²) in [5.74, 6) is 1.18. The van der Waals surface area contributed by atoms with Crippen molar-refractivity contribution in [2.75, 3.05) is 37.7 Å². The molecule has 25 heavy (non-hydrogen) atoms. The Morgan fingerprint density at radius 3 is 2.28 bits per heavy atom. The third-order valence-corrected chi connectivity index (χ3v) is 8.70. The van der Waals surface area contributed by atoms with Crippen LogP contribution in [0.1, 0.15) is 25.6 Å². The Labute approximate surface area is 149 Å². The summed E-state index contributed by atoms with van der Waals surface area (Å²) >= 11 is 0. The fourth-order valence-corrected chi connectivity index (χ4v) is 6.49. The van der Waals surface area contributed by atoms with Gasteiger partial charge in [-0.2, -0.15) is 4.31 Å². The maximum absolute atomic E-state index is 12.8. The van der Waals surface area contributed by atoms with Gasteiger partial charge < -0.3 is 4.57 Å². The molecule has 2 aliphatic rings. The van der Waals surface area contributed by atoms with Crippen LogP contribution in [-0.2, 0) is 26.4 Å². The highest BCUT2D eigenvalue weighted by molar-refractivity contribution is 7.91. The summed E-state index contributed by atoms with van der Waals surface area (Å²) in [6.45, 7) is 6.56. The van der Waals surface area contributed by atoms with Crippen LogP contribution >= 0.6 is 0 Å². The fraction of sp³-hybridized carbons (Fsp3) is 0.800. The zero-order chi connectivity index (χ0) is 18.2. The van der Waals surface area contributed by atoms with E-state index in [2.05, 4.69) is 9.88 Å². The first-order valence-electron chi connectivity index (χ1n) is 8.71. The Kier molecular flexibility index (Phi) is 5.25. The lowest BCUT2D eigenvalue weighted by Crippen LogP contribution is -2.53. The van der Waals surface area contributed by atoms with Crippen LogP contribution in [0.2, 0.25) is 0 Å². The van der Waals surface area contributed by atoms with Crippen LogP contribution in [0.5, 0.6) is 0 Å². The molecule has 0 radical (unpaired) electrons. The van der Waals surface area contributed by atoms with Crippen molar-refractivity contribution >= 4 is 19.9 Å². The normalized spacial score (nSPS) is 23.8. The number of rotatable bonds is 4. The van der Waals surface area contributed by atoms with Gasteiger partial charge in [-0.15, -0.1) is 0 Å². The number of nitrogens with zero attached hydrogens (tertiary/aromatic N) is 4. The van der Waals surface area contributed by atoms with E-state index in [1.165, 1.54) is 4.31 Å². The Morgan fingerprint density at radius 2 is 1.76 bits per heavy atom. The van der Waals surface area contributed by atoms with Crippen LogP contribution < -0.4 is 0 Å². The lowest BCUT2D eigenvalue weighted by molar-refractivity contribution is 0.129. The number of sulfone groups is 1. The van der Waals surface area contributed by atoms with E-state index in [1.807, 2.05) is 11.5 Å². The number of aryl methyl sites for hydroxylation is 2. The van der Waals surface area contributed by atoms with Gasteiger partial charge >= 0.3 is 0 Å². The molecule has 0 aliphatic carbocycles. The highest BCUT2D eigenvalue weighted by Crippen LogP contribution is 2.22. The van der Waals surface area contributed by atoms with Gasteiger partial charge in [0.2, 0.25) is 0 Å². The largest absolute Gasteiger partial charge is 0.334 e. The monoisotopic (exact) mass is 390 g/mol. The summed E-state index contributed by atoms with van der Waals surface area (Å²) < 4.78 is 52.0. The average molecular weight is 391 g/mol. The van der Waals surface area contributed by atoms with E-state index in [9.17, 15) is 16.8 Å². The van der Waals surface area contributed by atoms with Crippen molar-refractivity contribution in [2.24, 2.45) is 0 Å². The van der Waals surface area contributed by atoms with Gasteiger partial charge in [-0.3, -0.25) is 4.90 Å². The number of piperazine rings is 1. The van der Waals surface area contributed by atoms with Gasteiger partial charge in [-0.25, -0.2) is 21.8 Å². The molecule has 0 N–H and O–H groups in total. The Morgan fingerprint density at radius 1 is 1.16 bits per heavy atom. The molecule has 0 spiro atoms. The summed E-state index contributed by atoms with van der Waals surface area (Å²) in [7, 11) is -6.44. The van der Waals surface area contributed by atoms with Crippen molar-refractivity contribution in [3.8, 4) is 0 Å². The molecule has 0 unspecified atom stereocenters. The van der Waals surface area contributed by atoms with Crippen LogP contribution in [0.25, 0.3) is 0 Å². The van der Waals surface area contributed by atoms with Crippen LogP contribution in [0.4, 0.5) is 0 Å². The molecule has 0 saturated carbocycles. The van der Waals surface area contributed by atoms with Crippen molar-refractivity contribution < 1.29 is 16.8 Å². The molecule has 1 aromatic rings. The van der Waals surface area contributed by atoms with Crippen molar-refractivity contribution in [2.45, 2.75) is 44.3 Å². The summed E-state index contributed by atoms with van der Waals surface area (Å²) in [5.41, 5.74) is 0. The van der Waals surface area contributed by atoms with E-state index in [1.54, 1.807) is 13.1 Å². The van der Waals surface area contributed by atoms with Crippen molar-refractivity contribution in [3.63, 3.8) is 0 Å². The van der Waals surface area contributed by atoms with Crippen molar-refractivity contribution in [1.82, 2.24) is 18.8 Å². The van der Waals surface area contributed by atoms with Gasteiger partial charge in [0.05, 0.1) is 11.5 Å². The first-order chi connectivity index (χ1) is 11.7. The zero-order valence-corrected chi connectivity index (χ0v) is 16.4. The zero-order valence-electron chi connectivity index (χ0n) is 14.8. The second kappa shape index (κ2) is 6.98. The molecule has 142 valence electrons. The van der Waals surface area contributed by atoms with E-state index in [0.717, 1.165) is 0 Å². The summed E-state index contributed by atoms with van der Waals surface area (Å²) in [6.07, 6.45) is 2.90. The SMILES string of the molecule is CCn1cc(S(=O)(=O)N2CCN(C3CCS(=O)(=O)CC3)CC2)nc1C. The fourth-order valence-electron chi connectivity index (χ4n) is 3.61. The summed E-state index contributed by atoms with van der Waals surface area (Å²) in [5, 5.41) is 0.115. The number of hydrogen-bond acceptors (Lipinski definition) is 6. The minimum Gasteiger partial charge on any atom is -0.334 e. The molecule has 0 bridgehead atoms. The maximum Gasteiger partial charge on any atom is 0.262 e. The standard InChI is InChI=1S/C15H26N4O4S2/c1-3-17-12-15(16-13(17)2)25(22,23)19-8-6-18(7-9-19)14-4-10-24(20,21)11-5-14/h12,14H,3-11H2,1-2H3.